The Morgan fingerprint density at radius 1 is 1.07 bits per heavy atom. The van der Waals surface area contributed by atoms with Crippen molar-refractivity contribution in [2.45, 2.75) is 6.54 Å². The number of nitrogens with one attached hydrogen (secondary N) is 1. The first-order valence-corrected chi connectivity index (χ1v) is 9.12. The van der Waals surface area contributed by atoms with E-state index < -0.39 is 0 Å². The number of methoxy groups -OCH3 is 1. The lowest BCUT2D eigenvalue weighted by molar-refractivity contribution is 0.0950. The van der Waals surface area contributed by atoms with E-state index in [1.54, 1.807) is 43.3 Å². The summed E-state index contributed by atoms with van der Waals surface area (Å²) in [7, 11) is 3.38. The molecule has 0 aliphatic carbocycles. The molecule has 0 saturated heterocycles. The van der Waals surface area contributed by atoms with Crippen LogP contribution < -0.4 is 15.6 Å². The van der Waals surface area contributed by atoms with E-state index in [1.807, 2.05) is 42.5 Å². The third kappa shape index (κ3) is 3.62. The van der Waals surface area contributed by atoms with Crippen molar-refractivity contribution in [3.63, 3.8) is 0 Å². The first-order valence-electron chi connectivity index (χ1n) is 9.12. The molecule has 2 aliphatic rings. The number of hydrogen-bond donors (Lipinski definition) is 1. The third-order valence-electron chi connectivity index (χ3n) is 4.66. The van der Waals surface area contributed by atoms with Gasteiger partial charge in [-0.15, -0.1) is 0 Å². The van der Waals surface area contributed by atoms with Crippen LogP contribution in [0.5, 0.6) is 5.75 Å². The topological polar surface area (TPSA) is 78.1 Å². The smallest absolute Gasteiger partial charge is 0.282 e. The number of pyridine rings is 1. The zero-order chi connectivity index (χ0) is 20.4. The van der Waals surface area contributed by atoms with Gasteiger partial charge in [-0.25, -0.2) is 0 Å². The van der Waals surface area contributed by atoms with Gasteiger partial charge in [0, 0.05) is 26.0 Å². The second-order valence-corrected chi connectivity index (χ2v) is 6.68. The van der Waals surface area contributed by atoms with E-state index in [1.165, 1.54) is 4.68 Å². The number of carbonyl (C=O) groups is 1. The van der Waals surface area contributed by atoms with Gasteiger partial charge in [0.15, 0.2) is 0 Å². The second-order valence-electron chi connectivity index (χ2n) is 6.68. The van der Waals surface area contributed by atoms with Crippen LogP contribution in [0.1, 0.15) is 15.9 Å². The number of para-hydroxylation sites is 1. The number of fused-ring (bicyclic) bond motifs is 1. The summed E-state index contributed by atoms with van der Waals surface area (Å²) in [6.07, 6.45) is 3.36. The van der Waals surface area contributed by atoms with Crippen LogP contribution in [0, 0.1) is 0 Å². The lowest BCUT2D eigenvalue weighted by atomic mass is 10.1. The van der Waals surface area contributed by atoms with Crippen LogP contribution in [0.25, 0.3) is 16.9 Å². The highest BCUT2D eigenvalue weighted by Gasteiger charge is 2.23. The normalized spacial score (nSPS) is 10.8. The third-order valence-corrected chi connectivity index (χ3v) is 4.66. The number of ether oxygens (including phenoxy) is 1. The van der Waals surface area contributed by atoms with Gasteiger partial charge in [-0.05, 0) is 29.8 Å². The fraction of sp³-hybridized carbons (Fsp3) is 0.136. The molecule has 7 nitrogen and oxygen atoms in total. The minimum Gasteiger partial charge on any atom is -0.497 e. The summed E-state index contributed by atoms with van der Waals surface area (Å²) in [6.45, 7) is 0.354. The van der Waals surface area contributed by atoms with E-state index in [2.05, 4.69) is 10.4 Å². The molecule has 2 aromatic carbocycles. The minimum atomic E-state index is -0.292. The average Bonchev–Trinajstić information content (AvgIpc) is 3.09. The van der Waals surface area contributed by atoms with Crippen LogP contribution in [0.4, 0.5) is 0 Å². The quantitative estimate of drug-likeness (QED) is 0.570. The SMILES string of the molecule is COc1ccc(CNC(=O)c2cn(C)cc3c(=O)n(-c4ccccc4)nc2-3)cc1. The molecular formula is C22H20N4O3. The Morgan fingerprint density at radius 2 is 1.79 bits per heavy atom. The number of rotatable bonds is 5. The zero-order valence-electron chi connectivity index (χ0n) is 16.1. The minimum absolute atomic E-state index is 0.258. The van der Waals surface area contributed by atoms with Crippen molar-refractivity contribution in [3.8, 4) is 22.7 Å². The summed E-state index contributed by atoms with van der Waals surface area (Å²) >= 11 is 0. The van der Waals surface area contributed by atoms with Gasteiger partial charge in [-0.1, -0.05) is 30.3 Å². The molecule has 4 rings (SSSR count). The predicted molar refractivity (Wildman–Crippen MR) is 110 cm³/mol. The van der Waals surface area contributed by atoms with Crippen LogP contribution >= 0.6 is 0 Å². The molecule has 2 heterocycles. The first-order chi connectivity index (χ1) is 14.1. The summed E-state index contributed by atoms with van der Waals surface area (Å²) in [6, 6.07) is 16.6. The van der Waals surface area contributed by atoms with Crippen molar-refractivity contribution in [3.05, 3.63) is 88.5 Å². The van der Waals surface area contributed by atoms with Crippen molar-refractivity contribution in [2.24, 2.45) is 7.05 Å². The molecular weight excluding hydrogens is 368 g/mol. The highest BCUT2D eigenvalue weighted by molar-refractivity contribution is 5.99. The highest BCUT2D eigenvalue weighted by Crippen LogP contribution is 2.22. The first kappa shape index (κ1) is 18.5. The van der Waals surface area contributed by atoms with Crippen molar-refractivity contribution in [1.29, 1.82) is 0 Å². The molecule has 146 valence electrons. The number of aromatic nitrogens is 3. The molecule has 0 radical (unpaired) electrons. The van der Waals surface area contributed by atoms with Crippen LogP contribution in [0.2, 0.25) is 0 Å². The molecule has 1 amide bonds. The van der Waals surface area contributed by atoms with Gasteiger partial charge < -0.3 is 14.6 Å². The molecule has 0 fully saturated rings. The monoisotopic (exact) mass is 388 g/mol. The van der Waals surface area contributed by atoms with Crippen LogP contribution in [0.15, 0.2) is 71.8 Å². The van der Waals surface area contributed by atoms with Crippen molar-refractivity contribution >= 4 is 5.91 Å². The number of aryl methyl sites for hydroxylation is 1. The maximum Gasteiger partial charge on any atom is 0.282 e. The molecule has 0 bridgehead atoms. The lowest BCUT2D eigenvalue weighted by Gasteiger charge is -2.10. The predicted octanol–water partition coefficient (Wildman–Crippen LogP) is 2.61. The van der Waals surface area contributed by atoms with E-state index in [4.69, 9.17) is 4.74 Å². The zero-order valence-corrected chi connectivity index (χ0v) is 16.1. The van der Waals surface area contributed by atoms with Gasteiger partial charge in [0.1, 0.15) is 11.4 Å². The van der Waals surface area contributed by atoms with E-state index in [0.29, 0.717) is 29.1 Å². The molecule has 0 atom stereocenters. The van der Waals surface area contributed by atoms with Gasteiger partial charge >= 0.3 is 0 Å². The summed E-state index contributed by atoms with van der Waals surface area (Å²) in [5.41, 5.74) is 2.46. The number of amides is 1. The Hall–Kier alpha value is -3.87. The number of carbonyl (C=O) groups excluding carboxylic acids is 1. The Labute approximate surface area is 167 Å². The second kappa shape index (κ2) is 7.63. The number of nitrogens with zero attached hydrogens (tertiary/aromatic N) is 3. The maximum atomic E-state index is 12.9. The van der Waals surface area contributed by atoms with Gasteiger partial charge in [-0.3, -0.25) is 9.59 Å². The van der Waals surface area contributed by atoms with Crippen molar-refractivity contribution in [1.82, 2.24) is 19.7 Å². The molecule has 1 N–H and O–H groups in total. The van der Waals surface area contributed by atoms with Crippen molar-refractivity contribution in [2.75, 3.05) is 7.11 Å². The molecule has 29 heavy (non-hydrogen) atoms. The van der Waals surface area contributed by atoms with E-state index in [0.717, 1.165) is 11.3 Å². The maximum absolute atomic E-state index is 12.9. The molecule has 2 aromatic rings. The fourth-order valence-electron chi connectivity index (χ4n) is 3.17. The van der Waals surface area contributed by atoms with Gasteiger partial charge in [0.25, 0.3) is 11.5 Å². The average molecular weight is 388 g/mol. The Kier molecular flexibility index (Phi) is 4.87. The van der Waals surface area contributed by atoms with Gasteiger partial charge in [0.2, 0.25) is 0 Å². The van der Waals surface area contributed by atoms with Crippen molar-refractivity contribution < 1.29 is 9.53 Å². The van der Waals surface area contributed by atoms with Crippen LogP contribution in [0.3, 0.4) is 0 Å². The van der Waals surface area contributed by atoms with Gasteiger partial charge in [-0.2, -0.15) is 9.78 Å². The Bertz CT molecular complexity index is 1180. The molecule has 7 heteroatoms. The molecule has 0 saturated carbocycles. The van der Waals surface area contributed by atoms with Gasteiger partial charge in [0.05, 0.1) is 23.9 Å². The summed E-state index contributed by atoms with van der Waals surface area (Å²) in [5.74, 6) is 0.464. The lowest BCUT2D eigenvalue weighted by Crippen LogP contribution is -2.24. The van der Waals surface area contributed by atoms with E-state index >= 15 is 0 Å². The Morgan fingerprint density at radius 3 is 2.48 bits per heavy atom. The summed E-state index contributed by atoms with van der Waals surface area (Å²) in [4.78, 5) is 25.7. The fourth-order valence-corrected chi connectivity index (χ4v) is 3.17. The summed E-state index contributed by atoms with van der Waals surface area (Å²) in [5, 5.41) is 7.33. The van der Waals surface area contributed by atoms with E-state index in [9.17, 15) is 9.59 Å². The molecule has 0 spiro atoms. The number of benzene rings is 2. The summed E-state index contributed by atoms with van der Waals surface area (Å²) < 4.78 is 8.17. The van der Waals surface area contributed by atoms with Crippen LogP contribution in [-0.4, -0.2) is 27.4 Å². The van der Waals surface area contributed by atoms with Crippen LogP contribution in [-0.2, 0) is 13.6 Å². The van der Waals surface area contributed by atoms with E-state index in [-0.39, 0.29) is 11.5 Å². The molecule has 2 aliphatic heterocycles. The highest BCUT2D eigenvalue weighted by atomic mass is 16.5. The standard InChI is InChI=1S/C22H20N4O3/c1-25-13-18(21(27)23-12-15-8-10-17(29-2)11-9-15)20-19(14-25)22(28)26(24-20)16-6-4-3-5-7-16/h3-11,13-14H,12H2,1-2H3,(H,23,27). The largest absolute Gasteiger partial charge is 0.497 e. The number of hydrogen-bond acceptors (Lipinski definition) is 4. The Balaban J connectivity index is 1.65. The molecule has 0 unspecified atom stereocenters. The molecule has 0 aromatic heterocycles.